The SMILES string of the molecule is CCC(COC)NC(=O)N[C@@H](Cc1ccccc1)C(=O)O. The van der Waals surface area contributed by atoms with E-state index in [1.807, 2.05) is 37.3 Å². The second-order valence-corrected chi connectivity index (χ2v) is 4.76. The summed E-state index contributed by atoms with van der Waals surface area (Å²) < 4.78 is 4.99. The molecule has 1 aromatic carbocycles. The minimum Gasteiger partial charge on any atom is -0.480 e. The molecule has 0 saturated carbocycles. The molecule has 1 unspecified atom stereocenters. The Morgan fingerprint density at radius 3 is 2.43 bits per heavy atom. The Hall–Kier alpha value is -2.08. The van der Waals surface area contributed by atoms with Crippen molar-refractivity contribution in [2.45, 2.75) is 31.8 Å². The maximum absolute atomic E-state index is 11.9. The molecule has 0 aliphatic rings. The summed E-state index contributed by atoms with van der Waals surface area (Å²) >= 11 is 0. The van der Waals surface area contributed by atoms with Gasteiger partial charge in [-0.2, -0.15) is 0 Å². The van der Waals surface area contributed by atoms with Crippen LogP contribution in [0.1, 0.15) is 18.9 Å². The summed E-state index contributed by atoms with van der Waals surface area (Å²) in [4.78, 5) is 23.1. The van der Waals surface area contributed by atoms with Crippen LogP contribution >= 0.6 is 0 Å². The van der Waals surface area contributed by atoms with Crippen molar-refractivity contribution in [3.8, 4) is 0 Å². The monoisotopic (exact) mass is 294 g/mol. The zero-order chi connectivity index (χ0) is 15.7. The van der Waals surface area contributed by atoms with Crippen molar-refractivity contribution in [1.29, 1.82) is 0 Å². The van der Waals surface area contributed by atoms with Crippen LogP contribution in [-0.2, 0) is 16.0 Å². The summed E-state index contributed by atoms with van der Waals surface area (Å²) in [5, 5.41) is 14.4. The number of nitrogens with one attached hydrogen (secondary N) is 2. The summed E-state index contributed by atoms with van der Waals surface area (Å²) in [7, 11) is 1.55. The molecular formula is C15H22N2O4. The first-order chi connectivity index (χ1) is 10.1. The lowest BCUT2D eigenvalue weighted by Gasteiger charge is -2.19. The van der Waals surface area contributed by atoms with Crippen LogP contribution in [0.4, 0.5) is 4.79 Å². The maximum atomic E-state index is 11.9. The van der Waals surface area contributed by atoms with Crippen LogP contribution in [-0.4, -0.2) is 42.9 Å². The topological polar surface area (TPSA) is 87.7 Å². The van der Waals surface area contributed by atoms with E-state index in [9.17, 15) is 14.7 Å². The Morgan fingerprint density at radius 1 is 1.24 bits per heavy atom. The van der Waals surface area contributed by atoms with Crippen molar-refractivity contribution in [2.75, 3.05) is 13.7 Å². The van der Waals surface area contributed by atoms with E-state index in [4.69, 9.17) is 4.74 Å². The normalized spacial score (nSPS) is 13.2. The van der Waals surface area contributed by atoms with E-state index < -0.39 is 18.0 Å². The first-order valence-electron chi connectivity index (χ1n) is 6.89. The van der Waals surface area contributed by atoms with Gasteiger partial charge in [-0.1, -0.05) is 37.3 Å². The van der Waals surface area contributed by atoms with Gasteiger partial charge in [-0.15, -0.1) is 0 Å². The van der Waals surface area contributed by atoms with Gasteiger partial charge in [0.2, 0.25) is 0 Å². The molecule has 0 heterocycles. The lowest BCUT2D eigenvalue weighted by Crippen LogP contribution is -2.50. The van der Waals surface area contributed by atoms with Crippen LogP contribution in [0.2, 0.25) is 0 Å². The number of carboxylic acid groups (broad SMARTS) is 1. The van der Waals surface area contributed by atoms with Crippen LogP contribution in [0.25, 0.3) is 0 Å². The van der Waals surface area contributed by atoms with Gasteiger partial charge < -0.3 is 20.5 Å². The molecule has 0 saturated heterocycles. The average molecular weight is 294 g/mol. The molecule has 0 aliphatic heterocycles. The minimum atomic E-state index is -1.06. The number of benzene rings is 1. The minimum absolute atomic E-state index is 0.138. The van der Waals surface area contributed by atoms with Crippen molar-refractivity contribution in [3.05, 3.63) is 35.9 Å². The summed E-state index contributed by atoms with van der Waals surface area (Å²) in [6, 6.07) is 7.58. The van der Waals surface area contributed by atoms with Crippen molar-refractivity contribution < 1.29 is 19.4 Å². The molecule has 21 heavy (non-hydrogen) atoms. The van der Waals surface area contributed by atoms with Crippen LogP contribution in [0, 0.1) is 0 Å². The number of urea groups is 1. The first-order valence-corrected chi connectivity index (χ1v) is 6.89. The molecule has 3 N–H and O–H groups in total. The number of hydrogen-bond acceptors (Lipinski definition) is 3. The highest BCUT2D eigenvalue weighted by atomic mass is 16.5. The fraction of sp³-hybridized carbons (Fsp3) is 0.467. The standard InChI is InChI=1S/C15H22N2O4/c1-3-12(10-21-2)16-15(20)17-13(14(18)19)9-11-7-5-4-6-8-11/h4-8,12-13H,3,9-10H2,1-2H3,(H,18,19)(H2,16,17,20)/t12?,13-/m0/s1. The number of methoxy groups -OCH3 is 1. The van der Waals surface area contributed by atoms with Gasteiger partial charge in [0.1, 0.15) is 6.04 Å². The van der Waals surface area contributed by atoms with Crippen molar-refractivity contribution in [3.63, 3.8) is 0 Å². The number of hydrogen-bond donors (Lipinski definition) is 3. The second kappa shape index (κ2) is 8.97. The second-order valence-electron chi connectivity index (χ2n) is 4.76. The Morgan fingerprint density at radius 2 is 1.90 bits per heavy atom. The van der Waals surface area contributed by atoms with Crippen LogP contribution in [0.15, 0.2) is 30.3 Å². The van der Waals surface area contributed by atoms with Crippen molar-refractivity contribution in [1.82, 2.24) is 10.6 Å². The highest BCUT2D eigenvalue weighted by Gasteiger charge is 2.21. The quantitative estimate of drug-likeness (QED) is 0.676. The molecule has 6 nitrogen and oxygen atoms in total. The zero-order valence-corrected chi connectivity index (χ0v) is 12.3. The molecule has 2 atom stereocenters. The fourth-order valence-electron chi connectivity index (χ4n) is 1.90. The molecule has 0 aromatic heterocycles. The number of ether oxygens (including phenoxy) is 1. The molecule has 0 radical (unpaired) electrons. The van der Waals surface area contributed by atoms with Gasteiger partial charge in [0.05, 0.1) is 12.6 Å². The number of carboxylic acids is 1. The smallest absolute Gasteiger partial charge is 0.326 e. The van der Waals surface area contributed by atoms with E-state index in [-0.39, 0.29) is 12.5 Å². The predicted molar refractivity (Wildman–Crippen MR) is 79.2 cm³/mol. The summed E-state index contributed by atoms with van der Waals surface area (Å²) in [5.41, 5.74) is 0.856. The third-order valence-electron chi connectivity index (χ3n) is 3.08. The van der Waals surface area contributed by atoms with E-state index >= 15 is 0 Å². The molecule has 0 bridgehead atoms. The number of carbonyl (C=O) groups excluding carboxylic acids is 1. The fourth-order valence-corrected chi connectivity index (χ4v) is 1.90. The molecule has 1 rings (SSSR count). The largest absolute Gasteiger partial charge is 0.480 e. The average Bonchev–Trinajstić information content (AvgIpc) is 2.47. The molecule has 2 amide bonds. The number of amides is 2. The van der Waals surface area contributed by atoms with Gasteiger partial charge in [0.15, 0.2) is 0 Å². The lowest BCUT2D eigenvalue weighted by molar-refractivity contribution is -0.139. The maximum Gasteiger partial charge on any atom is 0.326 e. The van der Waals surface area contributed by atoms with Crippen LogP contribution < -0.4 is 10.6 Å². The van der Waals surface area contributed by atoms with Gasteiger partial charge in [0, 0.05) is 13.5 Å². The van der Waals surface area contributed by atoms with Gasteiger partial charge in [-0.3, -0.25) is 0 Å². The molecule has 1 aromatic rings. The number of aliphatic carboxylic acids is 1. The van der Waals surface area contributed by atoms with E-state index in [1.54, 1.807) is 7.11 Å². The van der Waals surface area contributed by atoms with Crippen LogP contribution in [0.3, 0.4) is 0 Å². The van der Waals surface area contributed by atoms with Gasteiger partial charge in [-0.25, -0.2) is 9.59 Å². The lowest BCUT2D eigenvalue weighted by atomic mass is 10.1. The Bertz CT molecular complexity index is 450. The molecule has 116 valence electrons. The number of carbonyl (C=O) groups is 2. The molecule has 0 fully saturated rings. The van der Waals surface area contributed by atoms with Gasteiger partial charge >= 0.3 is 12.0 Å². The third-order valence-corrected chi connectivity index (χ3v) is 3.08. The van der Waals surface area contributed by atoms with Crippen molar-refractivity contribution in [2.24, 2.45) is 0 Å². The zero-order valence-electron chi connectivity index (χ0n) is 12.3. The van der Waals surface area contributed by atoms with E-state index in [2.05, 4.69) is 10.6 Å². The summed E-state index contributed by atoms with van der Waals surface area (Å²) in [6.45, 7) is 2.31. The highest BCUT2D eigenvalue weighted by molar-refractivity contribution is 5.82. The third kappa shape index (κ3) is 6.27. The Kier molecular flexibility index (Phi) is 7.25. The number of rotatable bonds is 8. The van der Waals surface area contributed by atoms with Gasteiger partial charge in [-0.05, 0) is 12.0 Å². The van der Waals surface area contributed by atoms with Crippen molar-refractivity contribution >= 4 is 12.0 Å². The molecule has 6 heteroatoms. The van der Waals surface area contributed by atoms with E-state index in [0.717, 1.165) is 5.56 Å². The highest BCUT2D eigenvalue weighted by Crippen LogP contribution is 2.03. The molecule has 0 aliphatic carbocycles. The Balaban J connectivity index is 2.58. The summed E-state index contributed by atoms with van der Waals surface area (Å²) in [5.74, 6) is -1.06. The van der Waals surface area contributed by atoms with E-state index in [1.165, 1.54) is 0 Å². The Labute approximate surface area is 124 Å². The predicted octanol–water partition coefficient (Wildman–Crippen LogP) is 1.41. The molecule has 0 spiro atoms. The van der Waals surface area contributed by atoms with E-state index in [0.29, 0.717) is 13.0 Å². The first kappa shape index (κ1) is 17.0. The van der Waals surface area contributed by atoms with Crippen LogP contribution in [0.5, 0.6) is 0 Å². The van der Waals surface area contributed by atoms with Gasteiger partial charge in [0.25, 0.3) is 0 Å². The molecular weight excluding hydrogens is 272 g/mol. The summed E-state index contributed by atoms with van der Waals surface area (Å²) in [6.07, 6.45) is 0.947.